The maximum atomic E-state index is 11.8. The molecule has 0 aromatic carbocycles. The van der Waals surface area contributed by atoms with Crippen molar-refractivity contribution in [2.45, 2.75) is 47.6 Å². The smallest absolute Gasteiger partial charge is 0.225 e. The first-order valence-electron chi connectivity index (χ1n) is 8.10. The van der Waals surface area contributed by atoms with Gasteiger partial charge in [0.25, 0.3) is 0 Å². The highest BCUT2D eigenvalue weighted by atomic mass is 127. The van der Waals surface area contributed by atoms with Crippen LogP contribution in [-0.4, -0.2) is 36.5 Å². The van der Waals surface area contributed by atoms with E-state index < -0.39 is 0 Å². The second-order valence-corrected chi connectivity index (χ2v) is 7.40. The van der Waals surface area contributed by atoms with Gasteiger partial charge in [0.15, 0.2) is 5.96 Å². The Morgan fingerprint density at radius 2 is 1.88 bits per heavy atom. The monoisotopic (exact) mass is 467 g/mol. The molecule has 0 radical (unpaired) electrons. The van der Waals surface area contributed by atoms with Gasteiger partial charge >= 0.3 is 0 Å². The van der Waals surface area contributed by atoms with Crippen molar-refractivity contribution in [1.29, 1.82) is 0 Å². The fourth-order valence-corrected chi connectivity index (χ4v) is 2.48. The molecule has 3 N–H and O–H groups in total. The Hall–Kier alpha value is -0.900. The highest BCUT2D eigenvalue weighted by Gasteiger charge is 2.20. The topological polar surface area (TPSA) is 78.4 Å². The lowest BCUT2D eigenvalue weighted by Crippen LogP contribution is -2.43. The maximum Gasteiger partial charge on any atom is 0.225 e. The van der Waals surface area contributed by atoms with Crippen LogP contribution in [0.3, 0.4) is 0 Å². The van der Waals surface area contributed by atoms with Crippen molar-refractivity contribution in [3.05, 3.63) is 16.1 Å². The Balaban J connectivity index is 0.00000529. The summed E-state index contributed by atoms with van der Waals surface area (Å²) in [4.78, 5) is 22.0. The molecule has 24 heavy (non-hydrogen) atoms. The molecule has 0 aliphatic heterocycles. The molecule has 0 aliphatic carbocycles. The number of carbonyl (C=O) groups excluding carboxylic acids is 1. The van der Waals surface area contributed by atoms with Crippen LogP contribution in [0.4, 0.5) is 0 Å². The normalized spacial score (nSPS) is 11.6. The lowest BCUT2D eigenvalue weighted by atomic mass is 9.96. The SMILES string of the molecule is CCNC(=NCc1ncc(CC)s1)NCCNC(=O)C(C)(C)C.I. The molecule has 0 atom stereocenters. The summed E-state index contributed by atoms with van der Waals surface area (Å²) in [6, 6.07) is 0. The molecule has 0 unspecified atom stereocenters. The molecular formula is C16H30IN5OS. The fraction of sp³-hybridized carbons (Fsp3) is 0.688. The van der Waals surface area contributed by atoms with Crippen molar-refractivity contribution >= 4 is 47.2 Å². The number of amides is 1. The zero-order valence-electron chi connectivity index (χ0n) is 15.2. The van der Waals surface area contributed by atoms with Crippen molar-refractivity contribution in [2.75, 3.05) is 19.6 Å². The van der Waals surface area contributed by atoms with E-state index in [-0.39, 0.29) is 35.3 Å². The molecular weight excluding hydrogens is 437 g/mol. The van der Waals surface area contributed by atoms with Crippen LogP contribution in [-0.2, 0) is 17.8 Å². The largest absolute Gasteiger partial charge is 0.357 e. The Labute approximate surface area is 166 Å². The summed E-state index contributed by atoms with van der Waals surface area (Å²) in [6.45, 7) is 12.4. The summed E-state index contributed by atoms with van der Waals surface area (Å²) < 4.78 is 0. The van der Waals surface area contributed by atoms with Crippen molar-refractivity contribution in [2.24, 2.45) is 10.4 Å². The predicted molar refractivity (Wildman–Crippen MR) is 112 cm³/mol. The molecule has 6 nitrogen and oxygen atoms in total. The van der Waals surface area contributed by atoms with E-state index in [9.17, 15) is 4.79 Å². The van der Waals surface area contributed by atoms with E-state index in [1.54, 1.807) is 11.3 Å². The van der Waals surface area contributed by atoms with Crippen molar-refractivity contribution in [3.8, 4) is 0 Å². The number of hydrogen-bond donors (Lipinski definition) is 3. The van der Waals surface area contributed by atoms with E-state index in [0.29, 0.717) is 19.6 Å². The van der Waals surface area contributed by atoms with Gasteiger partial charge in [-0.3, -0.25) is 4.79 Å². The Morgan fingerprint density at radius 1 is 1.21 bits per heavy atom. The average molecular weight is 467 g/mol. The Kier molecular flexibility index (Phi) is 11.2. The summed E-state index contributed by atoms with van der Waals surface area (Å²) >= 11 is 1.70. The van der Waals surface area contributed by atoms with Crippen LogP contribution in [0.15, 0.2) is 11.2 Å². The first-order chi connectivity index (χ1) is 10.9. The summed E-state index contributed by atoms with van der Waals surface area (Å²) in [7, 11) is 0. The molecule has 1 heterocycles. The number of rotatable bonds is 7. The molecule has 138 valence electrons. The van der Waals surface area contributed by atoms with Crippen LogP contribution in [0.1, 0.15) is 44.5 Å². The zero-order chi connectivity index (χ0) is 17.3. The number of nitrogens with zero attached hydrogens (tertiary/aromatic N) is 2. The number of nitrogens with one attached hydrogen (secondary N) is 3. The molecule has 1 aromatic rings. The van der Waals surface area contributed by atoms with Crippen molar-refractivity contribution < 1.29 is 4.79 Å². The number of halogens is 1. The standard InChI is InChI=1S/C16H29N5OS.HI/c1-6-12-10-20-13(23-12)11-21-15(17-7-2)19-9-8-18-14(22)16(3,4)5;/h10H,6-9,11H2,1-5H3,(H,18,22)(H2,17,19,21);1H. The van der Waals surface area contributed by atoms with E-state index in [1.807, 2.05) is 33.9 Å². The van der Waals surface area contributed by atoms with Gasteiger partial charge in [-0.1, -0.05) is 27.7 Å². The fourth-order valence-electron chi connectivity index (χ4n) is 1.70. The number of hydrogen-bond acceptors (Lipinski definition) is 4. The number of aromatic nitrogens is 1. The summed E-state index contributed by atoms with van der Waals surface area (Å²) in [5, 5.41) is 10.3. The number of guanidine groups is 1. The Morgan fingerprint density at radius 3 is 2.42 bits per heavy atom. The van der Waals surface area contributed by atoms with Gasteiger partial charge in [0, 0.05) is 36.1 Å². The third-order valence-electron chi connectivity index (χ3n) is 3.05. The lowest BCUT2D eigenvalue weighted by molar-refractivity contribution is -0.128. The van der Waals surface area contributed by atoms with Crippen LogP contribution < -0.4 is 16.0 Å². The Bertz CT molecular complexity index is 525. The highest BCUT2D eigenvalue weighted by Crippen LogP contribution is 2.14. The van der Waals surface area contributed by atoms with Crippen LogP contribution in [0, 0.1) is 5.41 Å². The van der Waals surface area contributed by atoms with Crippen LogP contribution in [0.5, 0.6) is 0 Å². The third kappa shape index (κ3) is 8.81. The second kappa shape index (κ2) is 11.6. The number of aryl methyl sites for hydroxylation is 1. The first-order valence-corrected chi connectivity index (χ1v) is 8.92. The van der Waals surface area contributed by atoms with Gasteiger partial charge in [-0.15, -0.1) is 35.3 Å². The minimum atomic E-state index is -0.361. The summed E-state index contributed by atoms with van der Waals surface area (Å²) in [6.07, 6.45) is 2.92. The van der Waals surface area contributed by atoms with E-state index in [0.717, 1.165) is 23.9 Å². The number of carbonyl (C=O) groups is 1. The van der Waals surface area contributed by atoms with Gasteiger partial charge in [0.05, 0.1) is 6.54 Å². The minimum absolute atomic E-state index is 0. The minimum Gasteiger partial charge on any atom is -0.357 e. The lowest BCUT2D eigenvalue weighted by Gasteiger charge is -2.18. The van der Waals surface area contributed by atoms with Crippen molar-refractivity contribution in [3.63, 3.8) is 0 Å². The molecule has 0 aliphatic rings. The quantitative estimate of drug-likeness (QED) is 0.249. The van der Waals surface area contributed by atoms with E-state index >= 15 is 0 Å². The number of aliphatic imine (C=N–C) groups is 1. The third-order valence-corrected chi connectivity index (χ3v) is 4.18. The van der Waals surface area contributed by atoms with Gasteiger partial charge in [-0.2, -0.15) is 0 Å². The molecule has 1 aromatic heterocycles. The van der Waals surface area contributed by atoms with Crippen LogP contribution >= 0.6 is 35.3 Å². The van der Waals surface area contributed by atoms with Gasteiger partial charge in [-0.05, 0) is 13.3 Å². The van der Waals surface area contributed by atoms with Gasteiger partial charge in [0.1, 0.15) is 5.01 Å². The van der Waals surface area contributed by atoms with Gasteiger partial charge in [-0.25, -0.2) is 9.98 Å². The molecule has 1 rings (SSSR count). The molecule has 0 spiro atoms. The highest BCUT2D eigenvalue weighted by molar-refractivity contribution is 14.0. The number of thiazole rings is 1. The van der Waals surface area contributed by atoms with E-state index in [4.69, 9.17) is 0 Å². The van der Waals surface area contributed by atoms with Crippen LogP contribution in [0.25, 0.3) is 0 Å². The molecule has 0 saturated heterocycles. The van der Waals surface area contributed by atoms with Crippen molar-refractivity contribution in [1.82, 2.24) is 20.9 Å². The predicted octanol–water partition coefficient (Wildman–Crippen LogP) is 2.54. The first kappa shape index (κ1) is 23.1. The molecule has 0 saturated carbocycles. The average Bonchev–Trinajstić information content (AvgIpc) is 2.95. The molecule has 1 amide bonds. The summed E-state index contributed by atoms with van der Waals surface area (Å²) in [5.74, 6) is 0.793. The zero-order valence-corrected chi connectivity index (χ0v) is 18.4. The molecule has 8 heteroatoms. The molecule has 0 bridgehead atoms. The van der Waals surface area contributed by atoms with Gasteiger partial charge < -0.3 is 16.0 Å². The summed E-state index contributed by atoms with van der Waals surface area (Å²) in [5.41, 5.74) is -0.361. The second-order valence-electron chi connectivity index (χ2n) is 6.20. The van der Waals surface area contributed by atoms with E-state index in [2.05, 4.69) is 32.9 Å². The molecule has 0 fully saturated rings. The van der Waals surface area contributed by atoms with Gasteiger partial charge in [0.2, 0.25) is 5.91 Å². The maximum absolute atomic E-state index is 11.8. The van der Waals surface area contributed by atoms with E-state index in [1.165, 1.54) is 4.88 Å². The van der Waals surface area contributed by atoms with Crippen LogP contribution in [0.2, 0.25) is 0 Å².